The molecule has 0 saturated carbocycles. The first-order chi connectivity index (χ1) is 7.42. The van der Waals surface area contributed by atoms with Gasteiger partial charge < -0.3 is 15.2 Å². The molecule has 2 N–H and O–H groups in total. The van der Waals surface area contributed by atoms with E-state index < -0.39 is 0 Å². The Bertz CT molecular complexity index is 378. The molecule has 0 atom stereocenters. The molecule has 0 saturated heterocycles. The summed E-state index contributed by atoms with van der Waals surface area (Å²) in [5.41, 5.74) is 0.838. The summed E-state index contributed by atoms with van der Waals surface area (Å²) in [4.78, 5) is 0. The molecule has 0 aliphatic rings. The summed E-state index contributed by atoms with van der Waals surface area (Å²) in [6, 6.07) is 3.31. The van der Waals surface area contributed by atoms with Crippen LogP contribution in [0, 0.1) is 0 Å². The third-order valence-corrected chi connectivity index (χ3v) is 2.93. The molecule has 0 aliphatic carbocycles. The number of phenolic OH excluding ortho intramolecular Hbond substituents is 1. The van der Waals surface area contributed by atoms with Crippen molar-refractivity contribution in [3.63, 3.8) is 0 Å². The van der Waals surface area contributed by atoms with E-state index in [1.807, 2.05) is 7.05 Å². The summed E-state index contributed by atoms with van der Waals surface area (Å²) in [6.45, 7) is 4.96. The summed E-state index contributed by atoms with van der Waals surface area (Å²) in [5, 5.41) is 13.3. The Morgan fingerprint density at radius 2 is 2.06 bits per heavy atom. The number of rotatable bonds is 4. The second-order valence-electron chi connectivity index (χ2n) is 4.42. The second-order valence-corrected chi connectivity index (χ2v) is 4.83. The second kappa shape index (κ2) is 4.93. The Morgan fingerprint density at radius 1 is 1.44 bits per heavy atom. The van der Waals surface area contributed by atoms with Gasteiger partial charge >= 0.3 is 0 Å². The van der Waals surface area contributed by atoms with Crippen molar-refractivity contribution >= 4 is 11.6 Å². The smallest absolute Gasteiger partial charge is 0.160 e. The largest absolute Gasteiger partial charge is 0.504 e. The van der Waals surface area contributed by atoms with E-state index in [9.17, 15) is 5.11 Å². The molecule has 0 aliphatic heterocycles. The minimum Gasteiger partial charge on any atom is -0.504 e. The zero-order valence-corrected chi connectivity index (χ0v) is 10.9. The van der Waals surface area contributed by atoms with E-state index in [2.05, 4.69) is 19.2 Å². The number of benzene rings is 1. The monoisotopic (exact) mass is 243 g/mol. The van der Waals surface area contributed by atoms with Gasteiger partial charge in [0.1, 0.15) is 0 Å². The first kappa shape index (κ1) is 13.1. The lowest BCUT2D eigenvalue weighted by atomic mass is 9.84. The van der Waals surface area contributed by atoms with Crippen molar-refractivity contribution in [2.45, 2.75) is 19.3 Å². The van der Waals surface area contributed by atoms with Crippen molar-refractivity contribution in [3.8, 4) is 11.5 Å². The van der Waals surface area contributed by atoms with Crippen molar-refractivity contribution in [2.75, 3.05) is 20.7 Å². The standard InChI is InChI=1S/C12H18ClNO2/c1-12(2,7-14-3)8-5-11(16-4)10(15)6-9(8)13/h5-6,14-15H,7H2,1-4H3. The van der Waals surface area contributed by atoms with Crippen LogP contribution in [0.3, 0.4) is 0 Å². The Kier molecular flexibility index (Phi) is 4.05. The lowest BCUT2D eigenvalue weighted by Crippen LogP contribution is -2.31. The van der Waals surface area contributed by atoms with Crippen LogP contribution >= 0.6 is 11.6 Å². The molecular formula is C12H18ClNO2. The summed E-state index contributed by atoms with van der Waals surface area (Å²) in [7, 11) is 3.42. The lowest BCUT2D eigenvalue weighted by molar-refractivity contribution is 0.371. The molecule has 1 aromatic rings. The van der Waals surface area contributed by atoms with Crippen LogP contribution < -0.4 is 10.1 Å². The zero-order chi connectivity index (χ0) is 12.3. The molecule has 0 heterocycles. The molecular weight excluding hydrogens is 226 g/mol. The molecule has 0 unspecified atom stereocenters. The van der Waals surface area contributed by atoms with Crippen LogP contribution in [0.2, 0.25) is 5.02 Å². The maximum Gasteiger partial charge on any atom is 0.160 e. The van der Waals surface area contributed by atoms with Gasteiger partial charge in [-0.3, -0.25) is 0 Å². The fourth-order valence-electron chi connectivity index (χ4n) is 1.76. The van der Waals surface area contributed by atoms with Gasteiger partial charge in [0.15, 0.2) is 11.5 Å². The van der Waals surface area contributed by atoms with Crippen LogP contribution in [0.5, 0.6) is 11.5 Å². The highest BCUT2D eigenvalue weighted by molar-refractivity contribution is 6.31. The van der Waals surface area contributed by atoms with Gasteiger partial charge in [0.2, 0.25) is 0 Å². The quantitative estimate of drug-likeness (QED) is 0.854. The van der Waals surface area contributed by atoms with Crippen LogP contribution in [-0.2, 0) is 5.41 Å². The molecule has 0 radical (unpaired) electrons. The SMILES string of the molecule is CNCC(C)(C)c1cc(OC)c(O)cc1Cl. The van der Waals surface area contributed by atoms with Crippen molar-refractivity contribution < 1.29 is 9.84 Å². The van der Waals surface area contributed by atoms with Crippen LogP contribution in [0.25, 0.3) is 0 Å². The molecule has 0 spiro atoms. The van der Waals surface area contributed by atoms with E-state index in [1.54, 1.807) is 6.07 Å². The molecule has 3 nitrogen and oxygen atoms in total. The number of likely N-dealkylation sites (N-methyl/N-ethyl adjacent to an activating group) is 1. The zero-order valence-electron chi connectivity index (χ0n) is 10.1. The fraction of sp³-hybridized carbons (Fsp3) is 0.500. The Labute approximate surface area is 101 Å². The van der Waals surface area contributed by atoms with Gasteiger partial charge in [-0.05, 0) is 18.7 Å². The average Bonchev–Trinajstić information content (AvgIpc) is 2.17. The van der Waals surface area contributed by atoms with Gasteiger partial charge in [0.25, 0.3) is 0 Å². The fourth-order valence-corrected chi connectivity index (χ4v) is 2.18. The normalized spacial score (nSPS) is 11.6. The summed E-state index contributed by atoms with van der Waals surface area (Å²) >= 11 is 6.14. The lowest BCUT2D eigenvalue weighted by Gasteiger charge is -2.26. The molecule has 0 fully saturated rings. The number of halogens is 1. The summed E-state index contributed by atoms with van der Waals surface area (Å²) in [5.74, 6) is 0.514. The number of ether oxygens (including phenoxy) is 1. The molecule has 0 aromatic heterocycles. The molecule has 0 bridgehead atoms. The molecule has 90 valence electrons. The maximum absolute atomic E-state index is 9.59. The van der Waals surface area contributed by atoms with E-state index in [-0.39, 0.29) is 11.2 Å². The van der Waals surface area contributed by atoms with Gasteiger partial charge in [-0.1, -0.05) is 25.4 Å². The van der Waals surface area contributed by atoms with E-state index in [0.717, 1.165) is 12.1 Å². The van der Waals surface area contributed by atoms with Gasteiger partial charge in [-0.15, -0.1) is 0 Å². The number of hydrogen-bond acceptors (Lipinski definition) is 3. The highest BCUT2D eigenvalue weighted by Crippen LogP contribution is 2.37. The van der Waals surface area contributed by atoms with Gasteiger partial charge in [-0.25, -0.2) is 0 Å². The molecule has 0 amide bonds. The first-order valence-corrected chi connectivity index (χ1v) is 5.51. The Morgan fingerprint density at radius 3 is 2.56 bits per heavy atom. The van der Waals surface area contributed by atoms with Crippen LogP contribution in [0.4, 0.5) is 0 Å². The Balaban J connectivity index is 3.22. The first-order valence-electron chi connectivity index (χ1n) is 5.14. The maximum atomic E-state index is 9.59. The van der Waals surface area contributed by atoms with Crippen molar-refractivity contribution in [1.82, 2.24) is 5.32 Å². The average molecular weight is 244 g/mol. The number of phenols is 1. The topological polar surface area (TPSA) is 41.5 Å². The van der Waals surface area contributed by atoms with Crippen LogP contribution in [0.1, 0.15) is 19.4 Å². The van der Waals surface area contributed by atoms with Gasteiger partial charge in [0, 0.05) is 23.0 Å². The van der Waals surface area contributed by atoms with E-state index in [1.165, 1.54) is 13.2 Å². The van der Waals surface area contributed by atoms with E-state index >= 15 is 0 Å². The van der Waals surface area contributed by atoms with Crippen molar-refractivity contribution in [3.05, 3.63) is 22.7 Å². The molecule has 1 rings (SSSR count). The number of aromatic hydroxyl groups is 1. The third kappa shape index (κ3) is 2.60. The van der Waals surface area contributed by atoms with Crippen molar-refractivity contribution in [2.24, 2.45) is 0 Å². The Hall–Kier alpha value is -0.930. The van der Waals surface area contributed by atoms with Crippen molar-refractivity contribution in [1.29, 1.82) is 0 Å². The third-order valence-electron chi connectivity index (χ3n) is 2.62. The van der Waals surface area contributed by atoms with Crippen LogP contribution in [0.15, 0.2) is 12.1 Å². The van der Waals surface area contributed by atoms with E-state index in [0.29, 0.717) is 10.8 Å². The van der Waals surface area contributed by atoms with E-state index in [4.69, 9.17) is 16.3 Å². The van der Waals surface area contributed by atoms with Gasteiger partial charge in [-0.2, -0.15) is 0 Å². The summed E-state index contributed by atoms with van der Waals surface area (Å²) < 4.78 is 5.08. The number of nitrogens with one attached hydrogen (secondary N) is 1. The minimum atomic E-state index is -0.118. The van der Waals surface area contributed by atoms with Gasteiger partial charge in [0.05, 0.1) is 7.11 Å². The molecule has 16 heavy (non-hydrogen) atoms. The highest BCUT2D eigenvalue weighted by atomic mass is 35.5. The predicted molar refractivity (Wildman–Crippen MR) is 66.6 cm³/mol. The predicted octanol–water partition coefficient (Wildman–Crippen LogP) is 2.55. The number of hydrogen-bond donors (Lipinski definition) is 2. The molecule has 1 aromatic carbocycles. The number of methoxy groups -OCH3 is 1. The molecule has 4 heteroatoms. The summed E-state index contributed by atoms with van der Waals surface area (Å²) in [6.07, 6.45) is 0. The van der Waals surface area contributed by atoms with Crippen LogP contribution in [-0.4, -0.2) is 25.8 Å². The highest BCUT2D eigenvalue weighted by Gasteiger charge is 2.24. The minimum absolute atomic E-state index is 0.0662.